The van der Waals surface area contributed by atoms with Crippen LogP contribution in [0.25, 0.3) is 0 Å². The Bertz CT molecular complexity index is 583. The standard InChI is InChI=1S/C11H14ClNO4S/c1-6-4-7(2)10(17-8(3)11(13)14)9(5-6)18(12,15)16/h4-5,8H,1-3H3,(H2,13,14). The Morgan fingerprint density at radius 2 is 1.94 bits per heavy atom. The number of hydrogen-bond donors (Lipinski definition) is 1. The largest absolute Gasteiger partial charge is 0.479 e. The quantitative estimate of drug-likeness (QED) is 0.851. The molecular weight excluding hydrogens is 278 g/mol. The summed E-state index contributed by atoms with van der Waals surface area (Å²) in [6, 6.07) is 3.12. The van der Waals surface area contributed by atoms with Gasteiger partial charge in [-0.1, -0.05) is 6.07 Å². The SMILES string of the molecule is Cc1cc(C)c(OC(C)C(N)=O)c(S(=O)(=O)Cl)c1. The van der Waals surface area contributed by atoms with Gasteiger partial charge in [-0.15, -0.1) is 0 Å². The van der Waals surface area contributed by atoms with Crippen LogP contribution in [-0.4, -0.2) is 20.4 Å². The van der Waals surface area contributed by atoms with Crippen LogP contribution in [0.5, 0.6) is 5.75 Å². The molecule has 1 amide bonds. The first-order valence-corrected chi connectivity index (χ1v) is 7.45. The molecule has 0 saturated carbocycles. The summed E-state index contributed by atoms with van der Waals surface area (Å²) in [5.41, 5.74) is 6.38. The van der Waals surface area contributed by atoms with E-state index in [4.69, 9.17) is 21.2 Å². The second kappa shape index (κ2) is 5.16. The molecule has 0 radical (unpaired) electrons. The Hall–Kier alpha value is -1.27. The van der Waals surface area contributed by atoms with Crippen LogP contribution in [0.2, 0.25) is 0 Å². The van der Waals surface area contributed by atoms with Gasteiger partial charge in [0.15, 0.2) is 6.10 Å². The molecule has 2 N–H and O–H groups in total. The highest BCUT2D eigenvalue weighted by molar-refractivity contribution is 8.13. The van der Waals surface area contributed by atoms with E-state index in [0.29, 0.717) is 5.56 Å². The molecule has 0 fully saturated rings. The van der Waals surface area contributed by atoms with Crippen molar-refractivity contribution in [2.24, 2.45) is 5.73 Å². The Morgan fingerprint density at radius 3 is 2.39 bits per heavy atom. The van der Waals surface area contributed by atoms with Crippen LogP contribution in [0.1, 0.15) is 18.1 Å². The third kappa shape index (κ3) is 3.36. The van der Waals surface area contributed by atoms with Crippen LogP contribution in [0.15, 0.2) is 17.0 Å². The van der Waals surface area contributed by atoms with Gasteiger partial charge in [0.25, 0.3) is 15.0 Å². The summed E-state index contributed by atoms with van der Waals surface area (Å²) in [5.74, 6) is -0.630. The predicted octanol–water partition coefficient (Wildman–Crippen LogP) is 1.48. The topological polar surface area (TPSA) is 86.5 Å². The van der Waals surface area contributed by atoms with Crippen molar-refractivity contribution in [3.63, 3.8) is 0 Å². The van der Waals surface area contributed by atoms with Gasteiger partial charge in [-0.2, -0.15) is 0 Å². The number of ether oxygens (including phenoxy) is 1. The fourth-order valence-corrected chi connectivity index (χ4v) is 2.58. The third-order valence-electron chi connectivity index (χ3n) is 2.34. The lowest BCUT2D eigenvalue weighted by Gasteiger charge is -2.16. The average Bonchev–Trinajstić information content (AvgIpc) is 2.19. The summed E-state index contributed by atoms with van der Waals surface area (Å²) in [4.78, 5) is 10.8. The lowest BCUT2D eigenvalue weighted by atomic mass is 10.1. The number of carbonyl (C=O) groups is 1. The number of rotatable bonds is 4. The summed E-state index contributed by atoms with van der Waals surface area (Å²) in [6.07, 6.45) is -0.941. The van der Waals surface area contributed by atoms with Crippen LogP contribution >= 0.6 is 10.7 Å². The molecule has 0 aliphatic carbocycles. The van der Waals surface area contributed by atoms with Crippen molar-refractivity contribution in [3.05, 3.63) is 23.3 Å². The summed E-state index contributed by atoms with van der Waals surface area (Å²) in [6.45, 7) is 4.84. The first-order chi connectivity index (χ1) is 8.12. The van der Waals surface area contributed by atoms with Crippen LogP contribution in [0.3, 0.4) is 0 Å². The molecule has 0 aliphatic heterocycles. The molecule has 100 valence electrons. The Balaban J connectivity index is 3.38. The van der Waals surface area contributed by atoms with E-state index in [9.17, 15) is 13.2 Å². The summed E-state index contributed by atoms with van der Waals surface area (Å²) >= 11 is 0. The van der Waals surface area contributed by atoms with Gasteiger partial charge in [-0.25, -0.2) is 8.42 Å². The van der Waals surface area contributed by atoms with E-state index in [1.807, 2.05) is 0 Å². The van der Waals surface area contributed by atoms with Crippen molar-refractivity contribution in [2.75, 3.05) is 0 Å². The zero-order valence-electron chi connectivity index (χ0n) is 10.2. The second-order valence-electron chi connectivity index (χ2n) is 4.01. The Labute approximate surface area is 110 Å². The van der Waals surface area contributed by atoms with Gasteiger partial charge in [0.2, 0.25) is 0 Å². The van der Waals surface area contributed by atoms with Gasteiger partial charge in [0.05, 0.1) is 0 Å². The molecule has 1 aromatic rings. The lowest BCUT2D eigenvalue weighted by Crippen LogP contribution is -2.31. The molecule has 7 heteroatoms. The number of nitrogens with two attached hydrogens (primary N) is 1. The van der Waals surface area contributed by atoms with Crippen LogP contribution in [-0.2, 0) is 13.8 Å². The molecule has 18 heavy (non-hydrogen) atoms. The van der Waals surface area contributed by atoms with Crippen LogP contribution in [0, 0.1) is 13.8 Å². The van der Waals surface area contributed by atoms with Crippen molar-refractivity contribution < 1.29 is 17.9 Å². The van der Waals surface area contributed by atoms with E-state index >= 15 is 0 Å². The number of primary amides is 1. The van der Waals surface area contributed by atoms with Gasteiger partial charge >= 0.3 is 0 Å². The zero-order valence-corrected chi connectivity index (χ0v) is 11.8. The highest BCUT2D eigenvalue weighted by Crippen LogP contribution is 2.32. The molecule has 1 atom stereocenters. The fraction of sp³-hybridized carbons (Fsp3) is 0.364. The number of aryl methyl sites for hydroxylation is 2. The minimum absolute atomic E-state index is 0.0573. The predicted molar refractivity (Wildman–Crippen MR) is 68.2 cm³/mol. The minimum Gasteiger partial charge on any atom is -0.479 e. The smallest absolute Gasteiger partial charge is 0.265 e. The molecule has 5 nitrogen and oxygen atoms in total. The monoisotopic (exact) mass is 291 g/mol. The van der Waals surface area contributed by atoms with Crippen molar-refractivity contribution in [3.8, 4) is 5.75 Å². The summed E-state index contributed by atoms with van der Waals surface area (Å²) < 4.78 is 28.2. The van der Waals surface area contributed by atoms with E-state index in [-0.39, 0.29) is 10.6 Å². The fourth-order valence-electron chi connectivity index (χ4n) is 1.48. The summed E-state index contributed by atoms with van der Waals surface area (Å²) in [5, 5.41) is 0. The maximum Gasteiger partial charge on any atom is 0.265 e. The molecule has 1 rings (SSSR count). The molecule has 0 spiro atoms. The molecule has 0 aliphatic rings. The van der Waals surface area contributed by atoms with Crippen LogP contribution < -0.4 is 10.5 Å². The van der Waals surface area contributed by atoms with E-state index in [1.165, 1.54) is 13.0 Å². The first kappa shape index (κ1) is 14.8. The molecule has 1 unspecified atom stereocenters. The maximum absolute atomic E-state index is 11.5. The average molecular weight is 292 g/mol. The van der Waals surface area contributed by atoms with Gasteiger partial charge in [-0.3, -0.25) is 4.79 Å². The highest BCUT2D eigenvalue weighted by atomic mass is 35.7. The number of benzene rings is 1. The normalized spacial score (nSPS) is 13.1. The molecule has 0 aromatic heterocycles. The van der Waals surface area contributed by atoms with Crippen molar-refractivity contribution >= 4 is 25.6 Å². The molecule has 1 aromatic carbocycles. The van der Waals surface area contributed by atoms with E-state index < -0.39 is 21.1 Å². The van der Waals surface area contributed by atoms with Gasteiger partial charge in [0.1, 0.15) is 10.6 Å². The summed E-state index contributed by atoms with van der Waals surface area (Å²) in [7, 11) is 1.39. The first-order valence-electron chi connectivity index (χ1n) is 5.15. The number of carbonyl (C=O) groups excluding carboxylic acids is 1. The van der Waals surface area contributed by atoms with Crippen molar-refractivity contribution in [2.45, 2.75) is 31.8 Å². The Kier molecular flexibility index (Phi) is 4.24. The Morgan fingerprint density at radius 1 is 1.39 bits per heavy atom. The van der Waals surface area contributed by atoms with Gasteiger partial charge in [-0.05, 0) is 38.0 Å². The van der Waals surface area contributed by atoms with E-state index in [1.54, 1.807) is 19.9 Å². The highest BCUT2D eigenvalue weighted by Gasteiger charge is 2.22. The molecular formula is C11H14ClNO4S. The molecule has 0 saturated heterocycles. The van der Waals surface area contributed by atoms with E-state index in [0.717, 1.165) is 5.56 Å². The van der Waals surface area contributed by atoms with Gasteiger partial charge < -0.3 is 10.5 Å². The number of hydrogen-bond acceptors (Lipinski definition) is 4. The molecule has 0 heterocycles. The van der Waals surface area contributed by atoms with Crippen LogP contribution in [0.4, 0.5) is 0 Å². The second-order valence-corrected chi connectivity index (χ2v) is 6.54. The maximum atomic E-state index is 11.5. The number of halogens is 1. The van der Waals surface area contributed by atoms with Crippen molar-refractivity contribution in [1.82, 2.24) is 0 Å². The van der Waals surface area contributed by atoms with E-state index in [2.05, 4.69) is 0 Å². The van der Waals surface area contributed by atoms with Gasteiger partial charge in [0, 0.05) is 10.7 Å². The third-order valence-corrected chi connectivity index (χ3v) is 3.67. The number of amides is 1. The lowest BCUT2D eigenvalue weighted by molar-refractivity contribution is -0.124. The molecule has 0 bridgehead atoms. The zero-order chi connectivity index (χ0) is 14.1. The minimum atomic E-state index is -3.95. The van der Waals surface area contributed by atoms with Crippen molar-refractivity contribution in [1.29, 1.82) is 0 Å².